The molecule has 5 aromatic rings. The summed E-state index contributed by atoms with van der Waals surface area (Å²) in [6.07, 6.45) is -2.71. The van der Waals surface area contributed by atoms with E-state index in [-0.39, 0.29) is 6.61 Å². The van der Waals surface area contributed by atoms with Crippen LogP contribution in [-0.2, 0) is 50.1 Å². The highest BCUT2D eigenvalue weighted by Crippen LogP contribution is 2.42. The first kappa shape index (κ1) is 34.4. The first-order chi connectivity index (χ1) is 24.2. The van der Waals surface area contributed by atoms with Crippen molar-refractivity contribution in [2.45, 2.75) is 56.9 Å². The van der Waals surface area contributed by atoms with E-state index in [9.17, 15) is 0 Å². The summed E-state index contributed by atoms with van der Waals surface area (Å²) in [7, 11) is 3.29. The molecule has 1 aliphatic heterocycles. The molecule has 0 radical (unpaired) electrons. The molecule has 0 aliphatic carbocycles. The SMILES string of the molecule is COc1ccc([C@@H]2O[C@H](COCc3ccccc3)[C@@H](OCc3ccccc3)[C@H](OCc3ccccc3)[C@H]2OCc2ccccc2)c(OC)c1. The van der Waals surface area contributed by atoms with Crippen molar-refractivity contribution < 1.29 is 33.2 Å². The normalized spacial score (nSPS) is 20.5. The molecule has 7 heteroatoms. The van der Waals surface area contributed by atoms with Gasteiger partial charge in [-0.15, -0.1) is 0 Å². The minimum absolute atomic E-state index is 0.278. The molecule has 0 bridgehead atoms. The number of rotatable bonds is 16. The molecule has 6 rings (SSSR count). The van der Waals surface area contributed by atoms with Crippen LogP contribution in [0.4, 0.5) is 0 Å². The minimum Gasteiger partial charge on any atom is -0.497 e. The van der Waals surface area contributed by atoms with Crippen LogP contribution in [0.3, 0.4) is 0 Å². The smallest absolute Gasteiger partial charge is 0.128 e. The Labute approximate surface area is 289 Å². The predicted molar refractivity (Wildman–Crippen MR) is 188 cm³/mol. The summed E-state index contributed by atoms with van der Waals surface area (Å²) in [6, 6.07) is 46.3. The largest absolute Gasteiger partial charge is 0.497 e. The van der Waals surface area contributed by atoms with Crippen molar-refractivity contribution in [3.63, 3.8) is 0 Å². The first-order valence-electron chi connectivity index (χ1n) is 16.7. The van der Waals surface area contributed by atoms with E-state index in [0.717, 1.165) is 27.8 Å². The van der Waals surface area contributed by atoms with Gasteiger partial charge in [-0.3, -0.25) is 0 Å². The van der Waals surface area contributed by atoms with Crippen LogP contribution in [0.25, 0.3) is 0 Å². The molecule has 5 atom stereocenters. The Bertz CT molecular complexity index is 1670. The zero-order valence-corrected chi connectivity index (χ0v) is 28.1. The van der Waals surface area contributed by atoms with Crippen molar-refractivity contribution in [3.8, 4) is 11.5 Å². The Morgan fingerprint density at radius 1 is 0.490 bits per heavy atom. The molecule has 0 amide bonds. The van der Waals surface area contributed by atoms with Gasteiger partial charge in [0, 0.05) is 11.6 Å². The molecule has 1 aliphatic rings. The summed E-state index contributed by atoms with van der Waals surface area (Å²) in [5.41, 5.74) is 5.04. The minimum atomic E-state index is -0.577. The van der Waals surface area contributed by atoms with Gasteiger partial charge in [0.2, 0.25) is 0 Å². The summed E-state index contributed by atoms with van der Waals surface area (Å²) >= 11 is 0. The summed E-state index contributed by atoms with van der Waals surface area (Å²) in [4.78, 5) is 0. The van der Waals surface area contributed by atoms with Crippen LogP contribution in [-0.4, -0.2) is 45.2 Å². The van der Waals surface area contributed by atoms with E-state index in [0.29, 0.717) is 37.9 Å². The molecular weight excluding hydrogens is 616 g/mol. The van der Waals surface area contributed by atoms with E-state index >= 15 is 0 Å². The average molecular weight is 661 g/mol. The molecule has 0 saturated carbocycles. The van der Waals surface area contributed by atoms with Crippen molar-refractivity contribution in [2.24, 2.45) is 0 Å². The Hall–Kier alpha value is -4.50. The molecule has 1 heterocycles. The zero-order valence-electron chi connectivity index (χ0n) is 28.1. The van der Waals surface area contributed by atoms with Crippen molar-refractivity contribution in [3.05, 3.63) is 167 Å². The highest BCUT2D eigenvalue weighted by Gasteiger charge is 2.49. The van der Waals surface area contributed by atoms with Crippen molar-refractivity contribution >= 4 is 0 Å². The third-order valence-corrected chi connectivity index (χ3v) is 8.63. The predicted octanol–water partition coefficient (Wildman–Crippen LogP) is 8.12. The van der Waals surface area contributed by atoms with Gasteiger partial charge in [0.25, 0.3) is 0 Å². The van der Waals surface area contributed by atoms with Gasteiger partial charge in [-0.05, 0) is 34.4 Å². The van der Waals surface area contributed by atoms with Crippen molar-refractivity contribution in [2.75, 3.05) is 20.8 Å². The Balaban J connectivity index is 1.38. The Kier molecular flexibility index (Phi) is 12.5. The summed E-state index contributed by atoms with van der Waals surface area (Å²) in [6.45, 7) is 1.81. The molecular formula is C42H44O7. The summed E-state index contributed by atoms with van der Waals surface area (Å²) in [5.74, 6) is 1.31. The second-order valence-corrected chi connectivity index (χ2v) is 12.0. The van der Waals surface area contributed by atoms with Crippen LogP contribution in [0.2, 0.25) is 0 Å². The lowest BCUT2D eigenvalue weighted by molar-refractivity contribution is -0.275. The lowest BCUT2D eigenvalue weighted by Crippen LogP contribution is -2.58. The van der Waals surface area contributed by atoms with Crippen LogP contribution >= 0.6 is 0 Å². The molecule has 254 valence electrons. The number of hydrogen-bond acceptors (Lipinski definition) is 7. The van der Waals surface area contributed by atoms with Gasteiger partial charge in [-0.2, -0.15) is 0 Å². The Morgan fingerprint density at radius 2 is 0.959 bits per heavy atom. The molecule has 0 aromatic heterocycles. The zero-order chi connectivity index (χ0) is 33.7. The van der Waals surface area contributed by atoms with Gasteiger partial charge < -0.3 is 33.2 Å². The quantitative estimate of drug-likeness (QED) is 0.106. The van der Waals surface area contributed by atoms with Crippen LogP contribution in [0.1, 0.15) is 33.9 Å². The molecule has 7 nitrogen and oxygen atoms in total. The van der Waals surface area contributed by atoms with E-state index in [1.807, 2.05) is 91.0 Å². The maximum atomic E-state index is 7.04. The van der Waals surface area contributed by atoms with E-state index in [1.54, 1.807) is 14.2 Å². The monoisotopic (exact) mass is 660 g/mol. The maximum Gasteiger partial charge on any atom is 0.128 e. The van der Waals surface area contributed by atoms with Crippen LogP contribution in [0.5, 0.6) is 11.5 Å². The van der Waals surface area contributed by atoms with Gasteiger partial charge in [-0.25, -0.2) is 0 Å². The number of benzene rings is 5. The van der Waals surface area contributed by atoms with Gasteiger partial charge >= 0.3 is 0 Å². The molecule has 1 saturated heterocycles. The lowest BCUT2D eigenvalue weighted by atomic mass is 9.89. The number of hydrogen-bond donors (Lipinski definition) is 0. The van der Waals surface area contributed by atoms with Gasteiger partial charge in [0.05, 0.1) is 47.3 Å². The standard InChI is InChI=1S/C42H44O7/c1-43-35-23-24-36(37(25-35)44-2)39-41(47-28-33-19-11-5-12-20-33)42(48-29-34-21-13-6-14-22-34)40(46-27-32-17-9-4-10-18-32)38(49-39)30-45-26-31-15-7-3-8-16-31/h3-25,38-42H,26-30H2,1-2H3/t38-,39+,40-,41+,42+/m1/s1. The second-order valence-electron chi connectivity index (χ2n) is 12.0. The van der Waals surface area contributed by atoms with Crippen molar-refractivity contribution in [1.82, 2.24) is 0 Å². The highest BCUT2D eigenvalue weighted by atomic mass is 16.6. The fourth-order valence-electron chi connectivity index (χ4n) is 6.09. The molecule has 0 N–H and O–H groups in total. The molecule has 0 unspecified atom stereocenters. The van der Waals surface area contributed by atoms with E-state index in [2.05, 4.69) is 48.5 Å². The molecule has 1 fully saturated rings. The molecule has 49 heavy (non-hydrogen) atoms. The van der Waals surface area contributed by atoms with Gasteiger partial charge in [0.15, 0.2) is 0 Å². The van der Waals surface area contributed by atoms with E-state index in [1.165, 1.54) is 0 Å². The van der Waals surface area contributed by atoms with E-state index < -0.39 is 30.5 Å². The topological polar surface area (TPSA) is 64.6 Å². The third kappa shape index (κ3) is 9.35. The van der Waals surface area contributed by atoms with Crippen LogP contribution < -0.4 is 9.47 Å². The lowest BCUT2D eigenvalue weighted by Gasteiger charge is -2.46. The molecule has 5 aromatic carbocycles. The fourth-order valence-corrected chi connectivity index (χ4v) is 6.09. The average Bonchev–Trinajstić information content (AvgIpc) is 3.17. The van der Waals surface area contributed by atoms with E-state index in [4.69, 9.17) is 33.2 Å². The summed E-state index contributed by atoms with van der Waals surface area (Å²) in [5, 5.41) is 0. The van der Waals surface area contributed by atoms with Gasteiger partial charge in [0.1, 0.15) is 42.0 Å². The number of ether oxygens (including phenoxy) is 7. The van der Waals surface area contributed by atoms with Crippen LogP contribution in [0.15, 0.2) is 140 Å². The van der Waals surface area contributed by atoms with Gasteiger partial charge in [-0.1, -0.05) is 121 Å². The molecule has 0 spiro atoms. The fraction of sp³-hybridized carbons (Fsp3) is 0.286. The number of methoxy groups -OCH3 is 2. The Morgan fingerprint density at radius 3 is 1.45 bits per heavy atom. The van der Waals surface area contributed by atoms with Crippen LogP contribution in [0, 0.1) is 0 Å². The van der Waals surface area contributed by atoms with Crippen molar-refractivity contribution in [1.29, 1.82) is 0 Å². The third-order valence-electron chi connectivity index (χ3n) is 8.63. The summed E-state index contributed by atoms with van der Waals surface area (Å²) < 4.78 is 45.3. The highest BCUT2D eigenvalue weighted by molar-refractivity contribution is 5.43. The first-order valence-corrected chi connectivity index (χ1v) is 16.7. The maximum absolute atomic E-state index is 7.04. The second kappa shape index (κ2) is 17.8.